The van der Waals surface area contributed by atoms with Crippen LogP contribution in [0, 0.1) is 0 Å². The van der Waals surface area contributed by atoms with Gasteiger partial charge in [0.1, 0.15) is 5.60 Å². The highest BCUT2D eigenvalue weighted by Gasteiger charge is 2.37. The van der Waals surface area contributed by atoms with Gasteiger partial charge in [0.2, 0.25) is 0 Å². The average Bonchev–Trinajstić information content (AvgIpc) is 2.47. The number of nitrogens with one attached hydrogen (secondary N) is 1. The fourth-order valence-electron chi connectivity index (χ4n) is 2.68. The van der Waals surface area contributed by atoms with Crippen molar-refractivity contribution in [2.75, 3.05) is 26.9 Å². The summed E-state index contributed by atoms with van der Waals surface area (Å²) in [5.74, 6) is 0.828. The molecule has 18 heavy (non-hydrogen) atoms. The van der Waals surface area contributed by atoms with Gasteiger partial charge in [0.15, 0.2) is 5.82 Å². The standard InChI is InChI=1S/C13H19N3O2/c1-17-13(3-6-18-7-4-13)12-15-9-10-8-14-5-2-11(10)16-12/h9,14H,2-8H2,1H3. The molecule has 1 aromatic heterocycles. The Morgan fingerprint density at radius 2 is 2.22 bits per heavy atom. The van der Waals surface area contributed by atoms with Crippen LogP contribution in [0.4, 0.5) is 0 Å². The molecule has 0 bridgehead atoms. The van der Waals surface area contributed by atoms with Crippen LogP contribution >= 0.6 is 0 Å². The summed E-state index contributed by atoms with van der Waals surface area (Å²) in [5, 5.41) is 3.33. The van der Waals surface area contributed by atoms with Crippen molar-refractivity contribution in [3.63, 3.8) is 0 Å². The van der Waals surface area contributed by atoms with Gasteiger partial charge in [-0.25, -0.2) is 9.97 Å². The lowest BCUT2D eigenvalue weighted by Gasteiger charge is -2.34. The summed E-state index contributed by atoms with van der Waals surface area (Å²) in [7, 11) is 1.75. The zero-order valence-electron chi connectivity index (χ0n) is 10.7. The molecule has 0 saturated carbocycles. The smallest absolute Gasteiger partial charge is 0.160 e. The Balaban J connectivity index is 1.94. The third-order valence-corrected chi connectivity index (χ3v) is 3.91. The first-order chi connectivity index (χ1) is 8.84. The highest BCUT2D eigenvalue weighted by Crippen LogP contribution is 2.33. The maximum absolute atomic E-state index is 5.74. The lowest BCUT2D eigenvalue weighted by molar-refractivity contribution is -0.100. The van der Waals surface area contributed by atoms with Gasteiger partial charge in [0, 0.05) is 70.1 Å². The van der Waals surface area contributed by atoms with Crippen LogP contribution in [0.5, 0.6) is 0 Å². The molecular formula is C13H19N3O2. The minimum absolute atomic E-state index is 0.349. The lowest BCUT2D eigenvalue weighted by atomic mass is 9.92. The van der Waals surface area contributed by atoms with Crippen LogP contribution in [-0.2, 0) is 28.0 Å². The van der Waals surface area contributed by atoms with E-state index in [-0.39, 0.29) is 5.60 Å². The molecule has 1 fully saturated rings. The minimum atomic E-state index is -0.349. The molecule has 2 aliphatic rings. The van der Waals surface area contributed by atoms with Crippen LogP contribution < -0.4 is 5.32 Å². The highest BCUT2D eigenvalue weighted by molar-refractivity contribution is 5.22. The zero-order chi connectivity index (χ0) is 12.4. The molecule has 0 unspecified atom stereocenters. The summed E-state index contributed by atoms with van der Waals surface area (Å²) in [6.45, 7) is 3.30. The monoisotopic (exact) mass is 249 g/mol. The van der Waals surface area contributed by atoms with Crippen molar-refractivity contribution in [2.45, 2.75) is 31.4 Å². The van der Waals surface area contributed by atoms with Crippen LogP contribution in [-0.4, -0.2) is 36.8 Å². The first-order valence-electron chi connectivity index (χ1n) is 6.53. The Hall–Kier alpha value is -1.04. The second kappa shape index (κ2) is 4.91. The third-order valence-electron chi connectivity index (χ3n) is 3.91. The molecule has 0 amide bonds. The Kier molecular flexibility index (Phi) is 3.28. The summed E-state index contributed by atoms with van der Waals surface area (Å²) < 4.78 is 11.2. The SMILES string of the molecule is COC1(c2ncc3c(n2)CCNC3)CCOCC1. The molecule has 1 saturated heterocycles. The summed E-state index contributed by atoms with van der Waals surface area (Å²) in [5.41, 5.74) is 2.03. The van der Waals surface area contributed by atoms with E-state index in [0.29, 0.717) is 0 Å². The number of nitrogens with zero attached hydrogens (tertiary/aromatic N) is 2. The molecule has 1 N–H and O–H groups in total. The quantitative estimate of drug-likeness (QED) is 0.839. The molecule has 98 valence electrons. The summed E-state index contributed by atoms with van der Waals surface area (Å²) in [4.78, 5) is 9.28. The normalized spacial score (nSPS) is 22.5. The van der Waals surface area contributed by atoms with Crippen LogP contribution in [0.15, 0.2) is 6.20 Å². The second-order valence-corrected chi connectivity index (χ2v) is 4.90. The summed E-state index contributed by atoms with van der Waals surface area (Å²) in [6, 6.07) is 0. The van der Waals surface area contributed by atoms with Crippen molar-refractivity contribution in [1.82, 2.24) is 15.3 Å². The van der Waals surface area contributed by atoms with Crippen molar-refractivity contribution in [3.8, 4) is 0 Å². The number of hydrogen-bond acceptors (Lipinski definition) is 5. The van der Waals surface area contributed by atoms with Crippen molar-refractivity contribution in [3.05, 3.63) is 23.3 Å². The van der Waals surface area contributed by atoms with Crippen LogP contribution in [0.25, 0.3) is 0 Å². The average molecular weight is 249 g/mol. The van der Waals surface area contributed by atoms with Crippen molar-refractivity contribution >= 4 is 0 Å². The van der Waals surface area contributed by atoms with Gasteiger partial charge in [-0.05, 0) is 0 Å². The third kappa shape index (κ3) is 2.02. The van der Waals surface area contributed by atoms with E-state index < -0.39 is 0 Å². The molecule has 0 aliphatic carbocycles. The number of aromatic nitrogens is 2. The maximum Gasteiger partial charge on any atom is 0.160 e. The van der Waals surface area contributed by atoms with Gasteiger partial charge in [0.05, 0.1) is 0 Å². The molecule has 1 aromatic rings. The van der Waals surface area contributed by atoms with Crippen LogP contribution in [0.2, 0.25) is 0 Å². The first kappa shape index (κ1) is 12.0. The van der Waals surface area contributed by atoms with Crippen molar-refractivity contribution in [1.29, 1.82) is 0 Å². The van der Waals surface area contributed by atoms with E-state index in [2.05, 4.69) is 10.3 Å². The Labute approximate surface area is 107 Å². The topological polar surface area (TPSA) is 56.3 Å². The summed E-state index contributed by atoms with van der Waals surface area (Å²) >= 11 is 0. The fraction of sp³-hybridized carbons (Fsp3) is 0.692. The number of ether oxygens (including phenoxy) is 2. The maximum atomic E-state index is 5.74. The van der Waals surface area contributed by atoms with Crippen LogP contribution in [0.1, 0.15) is 29.9 Å². The van der Waals surface area contributed by atoms with E-state index in [9.17, 15) is 0 Å². The van der Waals surface area contributed by atoms with E-state index >= 15 is 0 Å². The van der Waals surface area contributed by atoms with Crippen molar-refractivity contribution < 1.29 is 9.47 Å². The summed E-state index contributed by atoms with van der Waals surface area (Å²) in [6.07, 6.45) is 4.59. The van der Waals surface area contributed by atoms with E-state index in [1.807, 2.05) is 6.20 Å². The number of rotatable bonds is 2. The van der Waals surface area contributed by atoms with Crippen LogP contribution in [0.3, 0.4) is 0 Å². The number of hydrogen-bond donors (Lipinski definition) is 1. The highest BCUT2D eigenvalue weighted by atomic mass is 16.5. The molecule has 0 aromatic carbocycles. The fourth-order valence-corrected chi connectivity index (χ4v) is 2.68. The van der Waals surface area contributed by atoms with Gasteiger partial charge in [-0.1, -0.05) is 0 Å². The first-order valence-corrected chi connectivity index (χ1v) is 6.53. The van der Waals surface area contributed by atoms with Gasteiger partial charge >= 0.3 is 0 Å². The number of fused-ring (bicyclic) bond motifs is 1. The minimum Gasteiger partial charge on any atom is -0.381 e. The second-order valence-electron chi connectivity index (χ2n) is 4.90. The Bertz CT molecular complexity index is 430. The van der Waals surface area contributed by atoms with Gasteiger partial charge in [-0.15, -0.1) is 0 Å². The molecule has 3 heterocycles. The largest absolute Gasteiger partial charge is 0.381 e. The Morgan fingerprint density at radius 3 is 3.00 bits per heavy atom. The lowest BCUT2D eigenvalue weighted by Crippen LogP contribution is -2.38. The molecule has 0 radical (unpaired) electrons. The molecule has 5 heteroatoms. The van der Waals surface area contributed by atoms with Gasteiger partial charge in [-0.3, -0.25) is 0 Å². The molecular weight excluding hydrogens is 230 g/mol. The molecule has 0 spiro atoms. The van der Waals surface area contributed by atoms with E-state index in [4.69, 9.17) is 14.5 Å². The van der Waals surface area contributed by atoms with E-state index in [0.717, 1.165) is 51.4 Å². The number of methoxy groups -OCH3 is 1. The van der Waals surface area contributed by atoms with Gasteiger partial charge < -0.3 is 14.8 Å². The van der Waals surface area contributed by atoms with Crippen molar-refractivity contribution in [2.24, 2.45) is 0 Å². The predicted octanol–water partition coefficient (Wildman–Crippen LogP) is 0.774. The zero-order valence-corrected chi connectivity index (χ0v) is 10.7. The predicted molar refractivity (Wildman–Crippen MR) is 66.2 cm³/mol. The van der Waals surface area contributed by atoms with E-state index in [1.165, 1.54) is 11.3 Å². The van der Waals surface area contributed by atoms with Gasteiger partial charge in [-0.2, -0.15) is 0 Å². The Morgan fingerprint density at radius 1 is 1.39 bits per heavy atom. The molecule has 5 nitrogen and oxygen atoms in total. The molecule has 2 aliphatic heterocycles. The van der Waals surface area contributed by atoms with Gasteiger partial charge in [0.25, 0.3) is 0 Å². The molecule has 0 atom stereocenters. The molecule has 3 rings (SSSR count). The van der Waals surface area contributed by atoms with E-state index in [1.54, 1.807) is 7.11 Å².